The monoisotopic (exact) mass is 425 g/mol. The Hall–Kier alpha value is -2.11. The summed E-state index contributed by atoms with van der Waals surface area (Å²) < 4.78 is 11.9. The highest BCUT2D eigenvalue weighted by Gasteiger charge is 2.24. The fourth-order valence-electron chi connectivity index (χ4n) is 4.93. The van der Waals surface area contributed by atoms with Crippen LogP contribution < -0.4 is 4.74 Å². The van der Waals surface area contributed by atoms with Gasteiger partial charge in [-0.25, -0.2) is 0 Å². The van der Waals surface area contributed by atoms with Crippen LogP contribution in [0.4, 0.5) is 0 Å². The molecular weight excluding hydrogens is 390 g/mol. The van der Waals surface area contributed by atoms with Gasteiger partial charge in [-0.1, -0.05) is 18.2 Å². The fourth-order valence-corrected chi connectivity index (χ4v) is 4.93. The van der Waals surface area contributed by atoms with E-state index in [1.165, 1.54) is 29.2 Å². The summed E-state index contributed by atoms with van der Waals surface area (Å²) in [4.78, 5) is 13.5. The van der Waals surface area contributed by atoms with Crippen molar-refractivity contribution in [2.45, 2.75) is 58.1 Å². The van der Waals surface area contributed by atoms with Crippen LogP contribution in [0.1, 0.15) is 51.0 Å². The van der Waals surface area contributed by atoms with Gasteiger partial charge in [0.2, 0.25) is 0 Å². The van der Waals surface area contributed by atoms with E-state index in [-0.39, 0.29) is 5.92 Å². The Morgan fingerprint density at radius 2 is 1.71 bits per heavy atom. The summed E-state index contributed by atoms with van der Waals surface area (Å²) >= 11 is 0. The summed E-state index contributed by atoms with van der Waals surface area (Å²) in [5, 5.41) is 11.6. The van der Waals surface area contributed by atoms with E-state index >= 15 is 0 Å². The van der Waals surface area contributed by atoms with Crippen LogP contribution in [0.3, 0.4) is 0 Å². The molecule has 0 amide bonds. The van der Waals surface area contributed by atoms with Crippen molar-refractivity contribution in [3.63, 3.8) is 0 Å². The first-order chi connectivity index (χ1) is 15.1. The molecule has 0 radical (unpaired) electrons. The van der Waals surface area contributed by atoms with Gasteiger partial charge in [-0.15, -0.1) is 0 Å². The quantitative estimate of drug-likeness (QED) is 0.637. The van der Waals surface area contributed by atoms with Gasteiger partial charge in [-0.3, -0.25) is 9.69 Å². The summed E-state index contributed by atoms with van der Waals surface area (Å²) in [5.41, 5.74) is 1.28. The molecule has 1 aliphatic carbocycles. The standard InChI is InChI=1S/C26H35NO4/c1-2-30-18-19-4-8-24(9-5-19)31-25-10-7-22-15-20(3-6-23(22)16-25)17-27-13-11-21(12-14-27)26(28)29/h3,6-7,10,15-16,19,21,24H,2,4-5,8-9,11-14,17-18H2,1H3,(H,28,29). The Balaban J connectivity index is 1.31. The number of piperidine rings is 1. The molecule has 5 heteroatoms. The number of benzene rings is 2. The molecule has 1 heterocycles. The third kappa shape index (κ3) is 5.98. The van der Waals surface area contributed by atoms with Crippen LogP contribution in [0, 0.1) is 11.8 Å². The molecule has 168 valence electrons. The molecule has 5 nitrogen and oxygen atoms in total. The van der Waals surface area contributed by atoms with Crippen LogP contribution in [-0.4, -0.2) is 48.4 Å². The minimum Gasteiger partial charge on any atom is -0.490 e. The number of fused-ring (bicyclic) bond motifs is 1. The molecule has 0 spiro atoms. The van der Waals surface area contributed by atoms with Crippen molar-refractivity contribution in [1.82, 2.24) is 4.90 Å². The number of hydrogen-bond acceptors (Lipinski definition) is 4. The van der Waals surface area contributed by atoms with E-state index < -0.39 is 5.97 Å². The van der Waals surface area contributed by atoms with Gasteiger partial charge in [-0.2, -0.15) is 0 Å². The van der Waals surface area contributed by atoms with Crippen LogP contribution in [-0.2, 0) is 16.1 Å². The molecule has 2 fully saturated rings. The number of carboxylic acids is 1. The van der Waals surface area contributed by atoms with E-state index in [0.717, 1.165) is 64.3 Å². The van der Waals surface area contributed by atoms with Gasteiger partial charge in [0.15, 0.2) is 0 Å². The van der Waals surface area contributed by atoms with Crippen LogP contribution in [0.25, 0.3) is 10.8 Å². The lowest BCUT2D eigenvalue weighted by Crippen LogP contribution is -2.35. The van der Waals surface area contributed by atoms with Crippen LogP contribution in [0.15, 0.2) is 36.4 Å². The third-order valence-corrected chi connectivity index (χ3v) is 6.87. The Morgan fingerprint density at radius 3 is 2.42 bits per heavy atom. The lowest BCUT2D eigenvalue weighted by molar-refractivity contribution is -0.143. The Kier molecular flexibility index (Phi) is 7.46. The topological polar surface area (TPSA) is 59.0 Å². The smallest absolute Gasteiger partial charge is 0.306 e. The number of rotatable bonds is 8. The second-order valence-electron chi connectivity index (χ2n) is 9.15. The summed E-state index contributed by atoms with van der Waals surface area (Å²) in [6.07, 6.45) is 6.38. The zero-order valence-corrected chi connectivity index (χ0v) is 18.6. The largest absolute Gasteiger partial charge is 0.490 e. The molecule has 0 unspecified atom stereocenters. The molecule has 0 aromatic heterocycles. The van der Waals surface area contributed by atoms with E-state index in [1.54, 1.807) is 0 Å². The first-order valence-electron chi connectivity index (χ1n) is 11.8. The van der Waals surface area contributed by atoms with Gasteiger partial charge < -0.3 is 14.6 Å². The zero-order valence-electron chi connectivity index (χ0n) is 18.6. The molecule has 4 rings (SSSR count). The highest BCUT2D eigenvalue weighted by Crippen LogP contribution is 2.30. The van der Waals surface area contributed by atoms with Crippen LogP contribution in [0.2, 0.25) is 0 Å². The van der Waals surface area contributed by atoms with Crippen molar-refractivity contribution in [3.05, 3.63) is 42.0 Å². The van der Waals surface area contributed by atoms with E-state index in [2.05, 4.69) is 48.2 Å². The second kappa shape index (κ2) is 10.5. The Bertz CT molecular complexity index is 867. The molecule has 1 saturated carbocycles. The minimum atomic E-state index is -0.651. The van der Waals surface area contributed by atoms with Crippen molar-refractivity contribution in [2.75, 3.05) is 26.3 Å². The molecule has 1 aliphatic heterocycles. The van der Waals surface area contributed by atoms with Gasteiger partial charge in [0.05, 0.1) is 12.0 Å². The molecule has 1 N–H and O–H groups in total. The molecule has 1 saturated heterocycles. The van der Waals surface area contributed by atoms with Gasteiger partial charge in [0.25, 0.3) is 0 Å². The predicted molar refractivity (Wildman–Crippen MR) is 122 cm³/mol. The summed E-state index contributed by atoms with van der Waals surface area (Å²) in [6.45, 7) is 6.34. The van der Waals surface area contributed by atoms with Gasteiger partial charge in [0.1, 0.15) is 5.75 Å². The number of carbonyl (C=O) groups is 1. The molecule has 2 aromatic rings. The highest BCUT2D eigenvalue weighted by atomic mass is 16.5. The molecular formula is C26H35NO4. The van der Waals surface area contributed by atoms with E-state index in [1.807, 2.05) is 0 Å². The number of nitrogens with zero attached hydrogens (tertiary/aromatic N) is 1. The zero-order chi connectivity index (χ0) is 21.6. The second-order valence-corrected chi connectivity index (χ2v) is 9.15. The highest BCUT2D eigenvalue weighted by molar-refractivity contribution is 5.84. The Labute approximate surface area is 185 Å². The first-order valence-corrected chi connectivity index (χ1v) is 11.8. The van der Waals surface area contributed by atoms with Crippen molar-refractivity contribution in [1.29, 1.82) is 0 Å². The van der Waals surface area contributed by atoms with Gasteiger partial charge >= 0.3 is 5.97 Å². The van der Waals surface area contributed by atoms with Crippen molar-refractivity contribution in [3.8, 4) is 5.75 Å². The Morgan fingerprint density at radius 1 is 1.00 bits per heavy atom. The van der Waals surface area contributed by atoms with E-state index in [9.17, 15) is 4.79 Å². The average Bonchev–Trinajstić information content (AvgIpc) is 2.79. The minimum absolute atomic E-state index is 0.175. The lowest BCUT2D eigenvalue weighted by Gasteiger charge is -2.30. The summed E-state index contributed by atoms with van der Waals surface area (Å²) in [7, 11) is 0. The number of aliphatic carboxylic acids is 1. The SMILES string of the molecule is CCOCC1CCC(Oc2ccc3cc(CN4CCC(C(=O)O)CC4)ccc3c2)CC1. The fraction of sp³-hybridized carbons (Fsp3) is 0.577. The van der Waals surface area contributed by atoms with Crippen LogP contribution in [0.5, 0.6) is 5.75 Å². The van der Waals surface area contributed by atoms with Crippen molar-refractivity contribution in [2.24, 2.45) is 11.8 Å². The lowest BCUT2D eigenvalue weighted by atomic mass is 9.88. The normalized spacial score (nSPS) is 23.1. The molecule has 2 aromatic carbocycles. The average molecular weight is 426 g/mol. The molecule has 2 aliphatic rings. The van der Waals surface area contributed by atoms with Crippen molar-refractivity contribution >= 4 is 16.7 Å². The number of hydrogen-bond donors (Lipinski definition) is 1. The third-order valence-electron chi connectivity index (χ3n) is 6.87. The number of likely N-dealkylation sites (tertiary alicyclic amines) is 1. The van der Waals surface area contributed by atoms with Crippen molar-refractivity contribution < 1.29 is 19.4 Å². The van der Waals surface area contributed by atoms with E-state index in [0.29, 0.717) is 12.0 Å². The molecule has 0 bridgehead atoms. The molecule has 0 atom stereocenters. The predicted octanol–water partition coefficient (Wildman–Crippen LogP) is 5.11. The maximum absolute atomic E-state index is 11.1. The maximum Gasteiger partial charge on any atom is 0.306 e. The first kappa shape index (κ1) is 22.1. The van der Waals surface area contributed by atoms with E-state index in [4.69, 9.17) is 14.6 Å². The number of ether oxygens (including phenoxy) is 2. The number of carboxylic acid groups (broad SMARTS) is 1. The van der Waals surface area contributed by atoms with Gasteiger partial charge in [0, 0.05) is 19.8 Å². The summed E-state index contributed by atoms with van der Waals surface area (Å²) in [5.74, 6) is 0.821. The maximum atomic E-state index is 11.1. The van der Waals surface area contributed by atoms with Crippen LogP contribution >= 0.6 is 0 Å². The van der Waals surface area contributed by atoms with Gasteiger partial charge in [-0.05, 0) is 99.0 Å². The summed E-state index contributed by atoms with van der Waals surface area (Å²) in [6, 6.07) is 13.0. The molecule has 31 heavy (non-hydrogen) atoms.